The number of nitrogens with two attached hydrogens (primary N) is 1. The van der Waals surface area contributed by atoms with Crippen molar-refractivity contribution in [3.63, 3.8) is 0 Å². The molecule has 4 amide bonds. The predicted molar refractivity (Wildman–Crippen MR) is 131 cm³/mol. The molecule has 0 fully saturated rings. The van der Waals surface area contributed by atoms with E-state index in [1.54, 1.807) is 20.8 Å². The lowest BCUT2D eigenvalue weighted by molar-refractivity contribution is -0.135. The van der Waals surface area contributed by atoms with E-state index in [4.69, 9.17) is 10.5 Å². The van der Waals surface area contributed by atoms with Gasteiger partial charge in [0, 0.05) is 23.0 Å². The van der Waals surface area contributed by atoms with Crippen LogP contribution in [0.3, 0.4) is 0 Å². The Balaban J connectivity index is 1.74. The lowest BCUT2D eigenvalue weighted by Crippen LogP contribution is -2.55. The van der Waals surface area contributed by atoms with E-state index in [0.717, 1.165) is 22.2 Å². The fourth-order valence-electron chi connectivity index (χ4n) is 4.13. The molecular formula is C25H35N5O5. The second kappa shape index (κ2) is 10.5. The molecular weight excluding hydrogens is 450 g/mol. The van der Waals surface area contributed by atoms with Crippen molar-refractivity contribution in [3.05, 3.63) is 35.5 Å². The van der Waals surface area contributed by atoms with Gasteiger partial charge in [0.1, 0.15) is 11.6 Å². The van der Waals surface area contributed by atoms with E-state index in [1.807, 2.05) is 38.1 Å². The molecule has 2 heterocycles. The molecule has 0 bridgehead atoms. The van der Waals surface area contributed by atoms with Gasteiger partial charge in [0.25, 0.3) is 0 Å². The van der Waals surface area contributed by atoms with E-state index >= 15 is 0 Å². The molecule has 2 aromatic rings. The summed E-state index contributed by atoms with van der Waals surface area (Å²) >= 11 is 0. The second-order valence-electron chi connectivity index (χ2n) is 10.3. The molecule has 0 saturated carbocycles. The first-order chi connectivity index (χ1) is 16.4. The van der Waals surface area contributed by atoms with E-state index in [0.29, 0.717) is 6.42 Å². The van der Waals surface area contributed by atoms with Crippen LogP contribution in [0.4, 0.5) is 4.79 Å². The van der Waals surface area contributed by atoms with Gasteiger partial charge in [-0.15, -0.1) is 0 Å². The highest BCUT2D eigenvalue weighted by molar-refractivity contribution is 6.01. The Labute approximate surface area is 204 Å². The quantitative estimate of drug-likeness (QED) is 0.492. The van der Waals surface area contributed by atoms with Gasteiger partial charge in [0.2, 0.25) is 17.7 Å². The standard InChI is InChI=1S/C25H35N5O5/c1-14(2)10-17(26)22(32)27-12-21(31)29-23(33)20-11-16-15-8-6-7-9-18(15)28-19(16)13-30(20)24(34)35-25(3,4)5/h6-9,14,17,20,28H,10-13,26H2,1-5H3,(H,27,32)(H,29,31,33)/t17-,20+/m0/s1. The average Bonchev–Trinajstić information content (AvgIpc) is 3.12. The summed E-state index contributed by atoms with van der Waals surface area (Å²) in [4.78, 5) is 55.3. The van der Waals surface area contributed by atoms with Crippen LogP contribution < -0.4 is 16.4 Å². The first-order valence-electron chi connectivity index (χ1n) is 11.8. The van der Waals surface area contributed by atoms with Gasteiger partial charge in [0.05, 0.1) is 19.1 Å². The van der Waals surface area contributed by atoms with Crippen LogP contribution in [-0.4, -0.2) is 57.9 Å². The summed E-state index contributed by atoms with van der Waals surface area (Å²) in [6.07, 6.45) is 0.0395. The van der Waals surface area contributed by atoms with Crippen LogP contribution in [0.2, 0.25) is 0 Å². The zero-order valence-electron chi connectivity index (χ0n) is 20.9. The number of rotatable bonds is 6. The highest BCUT2D eigenvalue weighted by atomic mass is 16.6. The number of carbonyl (C=O) groups is 4. The van der Waals surface area contributed by atoms with Crippen LogP contribution in [0.25, 0.3) is 10.9 Å². The minimum absolute atomic E-state index is 0.131. The van der Waals surface area contributed by atoms with E-state index in [9.17, 15) is 19.2 Å². The number of benzene rings is 1. The third-order valence-corrected chi connectivity index (χ3v) is 5.68. The molecule has 10 nitrogen and oxygen atoms in total. The number of fused-ring (bicyclic) bond motifs is 3. The molecule has 1 aromatic heterocycles. The van der Waals surface area contributed by atoms with Crippen LogP contribution >= 0.6 is 0 Å². The number of para-hydroxylation sites is 1. The van der Waals surface area contributed by atoms with E-state index in [-0.39, 0.29) is 18.9 Å². The monoisotopic (exact) mass is 485 g/mol. The number of hydrogen-bond donors (Lipinski definition) is 4. The number of carbonyl (C=O) groups excluding carboxylic acids is 4. The molecule has 35 heavy (non-hydrogen) atoms. The first kappa shape index (κ1) is 26.2. The SMILES string of the molecule is CC(C)C[C@H](N)C(=O)NCC(=O)NC(=O)[C@H]1Cc2c([nH]c3ccccc23)CN1C(=O)OC(C)(C)C. The van der Waals surface area contributed by atoms with E-state index in [2.05, 4.69) is 15.6 Å². The number of H-pyrrole nitrogens is 1. The fourth-order valence-corrected chi connectivity index (χ4v) is 4.13. The maximum Gasteiger partial charge on any atom is 0.411 e. The van der Waals surface area contributed by atoms with Gasteiger partial charge in [-0.25, -0.2) is 4.79 Å². The summed E-state index contributed by atoms with van der Waals surface area (Å²) in [6, 6.07) is 5.99. The van der Waals surface area contributed by atoms with Crippen molar-refractivity contribution >= 4 is 34.7 Å². The molecule has 0 spiro atoms. The molecule has 0 saturated heterocycles. The van der Waals surface area contributed by atoms with Crippen molar-refractivity contribution in [1.29, 1.82) is 0 Å². The third kappa shape index (κ3) is 6.60. The maximum absolute atomic E-state index is 13.2. The molecule has 5 N–H and O–H groups in total. The van der Waals surface area contributed by atoms with Gasteiger partial charge in [-0.05, 0) is 44.7 Å². The third-order valence-electron chi connectivity index (χ3n) is 5.68. The van der Waals surface area contributed by atoms with Crippen molar-refractivity contribution in [2.75, 3.05) is 6.54 Å². The topological polar surface area (TPSA) is 147 Å². The molecule has 1 aliphatic heterocycles. The Morgan fingerprint density at radius 2 is 1.89 bits per heavy atom. The number of ether oxygens (including phenoxy) is 1. The number of nitrogens with zero attached hydrogens (tertiary/aromatic N) is 1. The average molecular weight is 486 g/mol. The number of hydrogen-bond acceptors (Lipinski definition) is 6. The van der Waals surface area contributed by atoms with Gasteiger partial charge >= 0.3 is 6.09 Å². The molecule has 0 unspecified atom stereocenters. The predicted octanol–water partition coefficient (Wildman–Crippen LogP) is 1.96. The number of amides is 4. The highest BCUT2D eigenvalue weighted by Gasteiger charge is 2.39. The molecule has 2 atom stereocenters. The summed E-state index contributed by atoms with van der Waals surface area (Å²) in [6.45, 7) is 8.85. The lowest BCUT2D eigenvalue weighted by Gasteiger charge is -2.35. The largest absolute Gasteiger partial charge is 0.444 e. The number of aromatic amines is 1. The number of imide groups is 1. The van der Waals surface area contributed by atoms with Crippen LogP contribution in [-0.2, 0) is 32.1 Å². The van der Waals surface area contributed by atoms with Crippen LogP contribution in [0.5, 0.6) is 0 Å². The van der Waals surface area contributed by atoms with E-state index < -0.39 is 48.0 Å². The molecule has 10 heteroatoms. The van der Waals surface area contributed by atoms with Crippen molar-refractivity contribution in [2.45, 2.75) is 71.7 Å². The smallest absolute Gasteiger partial charge is 0.411 e. The van der Waals surface area contributed by atoms with Crippen LogP contribution in [0.15, 0.2) is 24.3 Å². The van der Waals surface area contributed by atoms with Gasteiger partial charge in [-0.3, -0.25) is 24.6 Å². The Morgan fingerprint density at radius 3 is 2.54 bits per heavy atom. The minimum Gasteiger partial charge on any atom is -0.444 e. The zero-order chi connectivity index (χ0) is 25.9. The summed E-state index contributed by atoms with van der Waals surface area (Å²) in [5.41, 5.74) is 7.71. The van der Waals surface area contributed by atoms with Crippen molar-refractivity contribution in [3.8, 4) is 0 Å². The lowest BCUT2D eigenvalue weighted by atomic mass is 9.96. The van der Waals surface area contributed by atoms with Crippen molar-refractivity contribution in [2.24, 2.45) is 11.7 Å². The Morgan fingerprint density at radius 1 is 1.20 bits per heavy atom. The maximum atomic E-state index is 13.2. The molecule has 3 rings (SSSR count). The first-order valence-corrected chi connectivity index (χ1v) is 11.8. The molecule has 0 aliphatic carbocycles. The summed E-state index contributed by atoms with van der Waals surface area (Å²) in [7, 11) is 0. The van der Waals surface area contributed by atoms with Crippen molar-refractivity contribution in [1.82, 2.24) is 20.5 Å². The molecule has 0 radical (unpaired) electrons. The molecule has 1 aromatic carbocycles. The minimum atomic E-state index is -0.959. The molecule has 1 aliphatic rings. The van der Waals surface area contributed by atoms with Gasteiger partial charge < -0.3 is 20.8 Å². The van der Waals surface area contributed by atoms with Crippen molar-refractivity contribution < 1.29 is 23.9 Å². The van der Waals surface area contributed by atoms with Gasteiger partial charge in [0.15, 0.2) is 0 Å². The summed E-state index contributed by atoms with van der Waals surface area (Å²) in [5.74, 6) is -1.56. The number of nitrogens with one attached hydrogen (secondary N) is 3. The van der Waals surface area contributed by atoms with Crippen LogP contribution in [0.1, 0.15) is 52.3 Å². The molecule has 190 valence electrons. The normalized spacial score (nSPS) is 16.5. The Bertz CT molecular complexity index is 1120. The van der Waals surface area contributed by atoms with E-state index in [1.165, 1.54) is 4.90 Å². The van der Waals surface area contributed by atoms with Gasteiger partial charge in [-0.2, -0.15) is 0 Å². The van der Waals surface area contributed by atoms with Crippen LogP contribution in [0, 0.1) is 5.92 Å². The summed E-state index contributed by atoms with van der Waals surface area (Å²) in [5, 5.41) is 5.73. The second-order valence-corrected chi connectivity index (χ2v) is 10.3. The highest BCUT2D eigenvalue weighted by Crippen LogP contribution is 2.31. The summed E-state index contributed by atoms with van der Waals surface area (Å²) < 4.78 is 5.53. The Kier molecular flexibility index (Phi) is 7.84. The fraction of sp³-hybridized carbons (Fsp3) is 0.520. The number of aromatic nitrogens is 1. The van der Waals surface area contributed by atoms with Gasteiger partial charge in [-0.1, -0.05) is 32.0 Å². The zero-order valence-corrected chi connectivity index (χ0v) is 20.9. The Hall–Kier alpha value is -3.40.